The van der Waals surface area contributed by atoms with E-state index in [1.807, 2.05) is 0 Å². The van der Waals surface area contributed by atoms with Gasteiger partial charge in [-0.05, 0) is 90.3 Å². The summed E-state index contributed by atoms with van der Waals surface area (Å²) in [5.74, 6) is -2.66. The number of unbranched alkanes of at least 4 members (excludes halogenated alkanes) is 22. The lowest BCUT2D eigenvalue weighted by atomic mass is 10.1. The standard InChI is InChI=1S/C57H105NO13/c1-5-9-13-17-24-34-52(60)66-44-50(45-67-53(61)35-25-18-14-10-6-2)48-70-56(64)38-28-21-30-40-58(42-32-23-33-43-59)41-31-22-29-39-57(65)71-49-51(46-68-54(62)36-26-19-15-11-7-3)47-69-55(63)37-27-20-16-12-8-4/h50-51,59H,5-49H2,1-4H3. The Bertz CT molecular complexity index is 1150. The Morgan fingerprint density at radius 3 is 0.704 bits per heavy atom. The zero-order valence-corrected chi connectivity index (χ0v) is 45.8. The third kappa shape index (κ3) is 47.5. The van der Waals surface area contributed by atoms with Crippen molar-refractivity contribution in [3.63, 3.8) is 0 Å². The van der Waals surface area contributed by atoms with Gasteiger partial charge in [0, 0.05) is 45.1 Å². The van der Waals surface area contributed by atoms with Gasteiger partial charge < -0.3 is 38.4 Å². The van der Waals surface area contributed by atoms with Crippen LogP contribution in [-0.4, -0.2) is 112 Å². The molecule has 0 fully saturated rings. The van der Waals surface area contributed by atoms with Gasteiger partial charge in [-0.25, -0.2) is 0 Å². The van der Waals surface area contributed by atoms with E-state index in [1.54, 1.807) is 0 Å². The first-order valence-electron chi connectivity index (χ1n) is 28.8. The summed E-state index contributed by atoms with van der Waals surface area (Å²) >= 11 is 0. The zero-order chi connectivity index (χ0) is 52.3. The first kappa shape index (κ1) is 67.7. The molecule has 0 bridgehead atoms. The second-order valence-corrected chi connectivity index (χ2v) is 19.7. The second kappa shape index (κ2) is 51.6. The number of ether oxygens (including phenoxy) is 6. The number of aliphatic hydroxyl groups is 1. The summed E-state index contributed by atoms with van der Waals surface area (Å²) in [4.78, 5) is 77.7. The fourth-order valence-electron chi connectivity index (χ4n) is 8.00. The van der Waals surface area contributed by atoms with Crippen LogP contribution in [0.1, 0.15) is 252 Å². The maximum absolute atomic E-state index is 12.8. The molecule has 1 N–H and O–H groups in total. The molecular weight excluding hydrogens is 907 g/mol. The summed E-state index contributed by atoms with van der Waals surface area (Å²) in [5, 5.41) is 9.29. The van der Waals surface area contributed by atoms with Crippen LogP contribution in [0.15, 0.2) is 0 Å². The third-order valence-electron chi connectivity index (χ3n) is 12.7. The highest BCUT2D eigenvalue weighted by Gasteiger charge is 2.20. The van der Waals surface area contributed by atoms with Gasteiger partial charge in [0.1, 0.15) is 39.6 Å². The monoisotopic (exact) mass is 1010 g/mol. The Morgan fingerprint density at radius 2 is 0.493 bits per heavy atom. The molecule has 0 aliphatic rings. The van der Waals surface area contributed by atoms with Gasteiger partial charge in [-0.1, -0.05) is 143 Å². The molecule has 0 rings (SSSR count). The maximum atomic E-state index is 12.8. The first-order chi connectivity index (χ1) is 34.6. The van der Waals surface area contributed by atoms with Crippen LogP contribution in [0.2, 0.25) is 0 Å². The van der Waals surface area contributed by atoms with Crippen molar-refractivity contribution in [2.75, 3.05) is 65.9 Å². The van der Waals surface area contributed by atoms with E-state index in [-0.39, 0.29) is 94.9 Å². The predicted octanol–water partition coefficient (Wildman–Crippen LogP) is 12.5. The van der Waals surface area contributed by atoms with Gasteiger partial charge in [-0.2, -0.15) is 0 Å². The maximum Gasteiger partial charge on any atom is 0.305 e. The smallest absolute Gasteiger partial charge is 0.305 e. The van der Waals surface area contributed by atoms with Crippen molar-refractivity contribution in [1.82, 2.24) is 4.90 Å². The van der Waals surface area contributed by atoms with E-state index in [9.17, 15) is 33.9 Å². The van der Waals surface area contributed by atoms with Gasteiger partial charge in [-0.15, -0.1) is 0 Å². The van der Waals surface area contributed by atoms with Crippen LogP contribution in [0.25, 0.3) is 0 Å². The highest BCUT2D eigenvalue weighted by Crippen LogP contribution is 2.14. The van der Waals surface area contributed by atoms with E-state index in [1.165, 1.54) is 0 Å². The summed E-state index contributed by atoms with van der Waals surface area (Å²) in [6.07, 6.45) is 30.0. The molecule has 0 saturated heterocycles. The SMILES string of the molecule is CCCCCCCC(=O)OCC(COC(=O)CCCCCCC)COC(=O)CCCCCN(CCCCCO)CCCCCC(=O)OCC(COC(=O)CCCCCCC)COC(=O)CCCCCCC. The highest BCUT2D eigenvalue weighted by atomic mass is 16.6. The molecule has 0 aliphatic carbocycles. The molecule has 0 aromatic heterocycles. The van der Waals surface area contributed by atoms with E-state index < -0.39 is 11.8 Å². The molecular formula is C57H105NO13. The molecule has 14 heteroatoms. The quantitative estimate of drug-likeness (QED) is 0.0345. The molecule has 0 aromatic rings. The van der Waals surface area contributed by atoms with Crippen LogP contribution in [0.5, 0.6) is 0 Å². The van der Waals surface area contributed by atoms with Crippen molar-refractivity contribution < 1.29 is 62.3 Å². The van der Waals surface area contributed by atoms with Crippen molar-refractivity contribution in [3.05, 3.63) is 0 Å². The van der Waals surface area contributed by atoms with Gasteiger partial charge in [0.25, 0.3) is 0 Å². The third-order valence-corrected chi connectivity index (χ3v) is 12.7. The number of esters is 6. The lowest BCUT2D eigenvalue weighted by Crippen LogP contribution is -2.27. The lowest BCUT2D eigenvalue weighted by Gasteiger charge is -2.22. The van der Waals surface area contributed by atoms with E-state index in [2.05, 4.69) is 32.6 Å². The van der Waals surface area contributed by atoms with Crippen molar-refractivity contribution in [2.24, 2.45) is 11.8 Å². The fraction of sp³-hybridized carbons (Fsp3) is 0.895. The van der Waals surface area contributed by atoms with Gasteiger partial charge >= 0.3 is 35.8 Å². The van der Waals surface area contributed by atoms with Gasteiger partial charge in [0.05, 0.1) is 11.8 Å². The molecule has 0 aliphatic heterocycles. The minimum Gasteiger partial charge on any atom is -0.465 e. The molecule has 0 radical (unpaired) electrons. The first-order valence-corrected chi connectivity index (χ1v) is 28.8. The molecule has 0 saturated carbocycles. The van der Waals surface area contributed by atoms with Crippen molar-refractivity contribution in [2.45, 2.75) is 252 Å². The molecule has 71 heavy (non-hydrogen) atoms. The number of carbonyl (C=O) groups excluding carboxylic acids is 6. The van der Waals surface area contributed by atoms with E-state index in [0.717, 1.165) is 193 Å². The van der Waals surface area contributed by atoms with Gasteiger partial charge in [0.15, 0.2) is 0 Å². The number of carbonyl (C=O) groups is 6. The Kier molecular flexibility index (Phi) is 49.3. The Morgan fingerprint density at radius 1 is 0.296 bits per heavy atom. The Balaban J connectivity index is 4.88. The lowest BCUT2D eigenvalue weighted by molar-refractivity contribution is -0.156. The van der Waals surface area contributed by atoms with Crippen LogP contribution < -0.4 is 0 Å². The Hall–Kier alpha value is -3.26. The van der Waals surface area contributed by atoms with Crippen molar-refractivity contribution in [1.29, 1.82) is 0 Å². The minimum atomic E-state index is -0.431. The molecule has 0 heterocycles. The van der Waals surface area contributed by atoms with E-state index in [0.29, 0.717) is 38.5 Å². The largest absolute Gasteiger partial charge is 0.465 e. The fourth-order valence-corrected chi connectivity index (χ4v) is 8.00. The molecule has 0 amide bonds. The minimum absolute atomic E-state index is 0.0131. The van der Waals surface area contributed by atoms with Crippen LogP contribution >= 0.6 is 0 Å². The van der Waals surface area contributed by atoms with Crippen molar-refractivity contribution in [3.8, 4) is 0 Å². The molecule has 0 spiro atoms. The topological polar surface area (TPSA) is 181 Å². The van der Waals surface area contributed by atoms with Crippen LogP contribution in [-0.2, 0) is 57.2 Å². The summed E-state index contributed by atoms with van der Waals surface area (Å²) in [6, 6.07) is 0. The highest BCUT2D eigenvalue weighted by molar-refractivity contribution is 5.71. The second-order valence-electron chi connectivity index (χ2n) is 19.7. The zero-order valence-electron chi connectivity index (χ0n) is 45.8. The average Bonchev–Trinajstić information content (AvgIpc) is 3.36. The van der Waals surface area contributed by atoms with E-state index in [4.69, 9.17) is 28.4 Å². The van der Waals surface area contributed by atoms with Crippen LogP contribution in [0, 0.1) is 11.8 Å². The normalized spacial score (nSPS) is 11.3. The summed E-state index contributed by atoms with van der Waals surface area (Å²) in [5.41, 5.74) is 0. The van der Waals surface area contributed by atoms with Crippen LogP contribution in [0.4, 0.5) is 0 Å². The summed E-state index contributed by atoms with van der Waals surface area (Å²) < 4.78 is 33.3. The molecule has 0 atom stereocenters. The van der Waals surface area contributed by atoms with Crippen molar-refractivity contribution >= 4 is 35.8 Å². The van der Waals surface area contributed by atoms with Gasteiger partial charge in [-0.3, -0.25) is 28.8 Å². The van der Waals surface area contributed by atoms with Crippen LogP contribution in [0.3, 0.4) is 0 Å². The average molecular weight is 1010 g/mol. The van der Waals surface area contributed by atoms with E-state index >= 15 is 0 Å². The molecule has 0 unspecified atom stereocenters. The number of hydrogen-bond acceptors (Lipinski definition) is 14. The number of nitrogens with zero attached hydrogens (tertiary/aromatic N) is 1. The predicted molar refractivity (Wildman–Crippen MR) is 281 cm³/mol. The van der Waals surface area contributed by atoms with Gasteiger partial charge in [0.2, 0.25) is 0 Å². The summed E-state index contributed by atoms with van der Waals surface area (Å²) in [6.45, 7) is 11.6. The molecule has 416 valence electrons. The molecule has 14 nitrogen and oxygen atoms in total. The number of hydrogen-bond donors (Lipinski definition) is 1. The number of rotatable bonds is 53. The molecule has 0 aromatic carbocycles. The summed E-state index contributed by atoms with van der Waals surface area (Å²) in [7, 11) is 0. The Labute approximate surface area is 431 Å². The number of aliphatic hydroxyl groups excluding tert-OH is 1.